The minimum Gasteiger partial charge on any atom is -0.389 e. The zero-order valence-corrected chi connectivity index (χ0v) is 9.83. The third-order valence-corrected chi connectivity index (χ3v) is 2.25. The summed E-state index contributed by atoms with van der Waals surface area (Å²) in [6, 6.07) is 1.76. The number of ether oxygens (including phenoxy) is 1. The fourth-order valence-corrected chi connectivity index (χ4v) is 1.47. The molecular formula is C10H20N4O2. The lowest BCUT2D eigenvalue weighted by Gasteiger charge is -2.19. The molecule has 1 unspecified atom stereocenters. The molecule has 0 aliphatic heterocycles. The molecule has 1 aromatic rings. The van der Waals surface area contributed by atoms with Crippen LogP contribution in [0.15, 0.2) is 12.3 Å². The number of aliphatic hydroxyl groups excluding tert-OH is 1. The van der Waals surface area contributed by atoms with Crippen molar-refractivity contribution in [1.82, 2.24) is 14.7 Å². The van der Waals surface area contributed by atoms with Crippen LogP contribution in [-0.4, -0.2) is 59.7 Å². The Hall–Kier alpha value is -1.11. The summed E-state index contributed by atoms with van der Waals surface area (Å²) in [4.78, 5) is 2.03. The van der Waals surface area contributed by atoms with Gasteiger partial charge < -0.3 is 20.5 Å². The Balaban J connectivity index is 2.22. The Morgan fingerprint density at radius 3 is 3.00 bits per heavy atom. The molecule has 0 radical (unpaired) electrons. The van der Waals surface area contributed by atoms with Crippen LogP contribution in [0, 0.1) is 0 Å². The van der Waals surface area contributed by atoms with E-state index in [1.807, 2.05) is 18.1 Å². The number of nitrogens with two attached hydrogens (primary N) is 1. The maximum absolute atomic E-state index is 9.51. The lowest BCUT2D eigenvalue weighted by atomic mass is 10.3. The molecule has 16 heavy (non-hydrogen) atoms. The fourth-order valence-electron chi connectivity index (χ4n) is 1.47. The van der Waals surface area contributed by atoms with E-state index in [1.54, 1.807) is 17.9 Å². The number of hydrogen-bond acceptors (Lipinski definition) is 5. The van der Waals surface area contributed by atoms with Crippen molar-refractivity contribution in [2.45, 2.75) is 12.6 Å². The number of nitrogen functional groups attached to an aromatic ring is 1. The van der Waals surface area contributed by atoms with Gasteiger partial charge in [-0.2, -0.15) is 5.10 Å². The van der Waals surface area contributed by atoms with Crippen molar-refractivity contribution in [3.05, 3.63) is 12.3 Å². The lowest BCUT2D eigenvalue weighted by Crippen LogP contribution is -2.34. The smallest absolute Gasteiger partial charge is 0.145 e. The minimum absolute atomic E-state index is 0.360. The highest BCUT2D eigenvalue weighted by Crippen LogP contribution is 1.97. The second kappa shape index (κ2) is 6.47. The molecule has 1 atom stereocenters. The Bertz CT molecular complexity index is 303. The summed E-state index contributed by atoms with van der Waals surface area (Å²) in [6.45, 7) is 2.51. The van der Waals surface area contributed by atoms with Gasteiger partial charge in [-0.15, -0.1) is 0 Å². The minimum atomic E-state index is -0.447. The van der Waals surface area contributed by atoms with E-state index in [9.17, 15) is 5.11 Å². The third-order valence-electron chi connectivity index (χ3n) is 2.25. The first-order chi connectivity index (χ1) is 7.61. The van der Waals surface area contributed by atoms with Crippen LogP contribution < -0.4 is 5.73 Å². The van der Waals surface area contributed by atoms with E-state index in [1.165, 1.54) is 0 Å². The Kier molecular flexibility index (Phi) is 5.24. The molecule has 0 aliphatic rings. The number of aliphatic hydroxyl groups is 1. The van der Waals surface area contributed by atoms with Crippen molar-refractivity contribution in [2.75, 3.05) is 39.6 Å². The van der Waals surface area contributed by atoms with Crippen molar-refractivity contribution in [1.29, 1.82) is 0 Å². The summed E-state index contributed by atoms with van der Waals surface area (Å²) in [5.41, 5.74) is 5.50. The zero-order chi connectivity index (χ0) is 12.0. The average molecular weight is 228 g/mol. The van der Waals surface area contributed by atoms with E-state index in [2.05, 4.69) is 5.10 Å². The van der Waals surface area contributed by atoms with Crippen molar-refractivity contribution in [3.63, 3.8) is 0 Å². The molecule has 0 aromatic carbocycles. The van der Waals surface area contributed by atoms with Crippen LogP contribution in [-0.2, 0) is 11.3 Å². The van der Waals surface area contributed by atoms with Gasteiger partial charge >= 0.3 is 0 Å². The molecule has 6 heteroatoms. The van der Waals surface area contributed by atoms with Crippen LogP contribution in [0.1, 0.15) is 0 Å². The Labute approximate surface area is 95.6 Å². The summed E-state index contributed by atoms with van der Waals surface area (Å²) < 4.78 is 6.65. The van der Waals surface area contributed by atoms with Crippen molar-refractivity contribution < 1.29 is 9.84 Å². The number of methoxy groups -OCH3 is 1. The summed E-state index contributed by atoms with van der Waals surface area (Å²) >= 11 is 0. The van der Waals surface area contributed by atoms with Crippen molar-refractivity contribution >= 4 is 5.82 Å². The van der Waals surface area contributed by atoms with Gasteiger partial charge in [0.05, 0.1) is 19.3 Å². The number of aromatic nitrogens is 2. The van der Waals surface area contributed by atoms with Gasteiger partial charge in [0.15, 0.2) is 0 Å². The third kappa shape index (κ3) is 4.61. The highest BCUT2D eigenvalue weighted by atomic mass is 16.5. The molecule has 0 saturated carbocycles. The summed E-state index contributed by atoms with van der Waals surface area (Å²) in [5, 5.41) is 13.6. The molecule has 0 aliphatic carbocycles. The highest BCUT2D eigenvalue weighted by Gasteiger charge is 2.07. The van der Waals surface area contributed by atoms with Gasteiger partial charge in [-0.25, -0.2) is 0 Å². The number of anilines is 1. The van der Waals surface area contributed by atoms with Crippen molar-refractivity contribution in [2.24, 2.45) is 0 Å². The maximum atomic E-state index is 9.51. The number of likely N-dealkylation sites (N-methyl/N-ethyl adjacent to an activating group) is 1. The summed E-state index contributed by atoms with van der Waals surface area (Å²) in [6.07, 6.45) is 1.40. The molecule has 92 valence electrons. The van der Waals surface area contributed by atoms with Crippen LogP contribution in [0.2, 0.25) is 0 Å². The van der Waals surface area contributed by atoms with Crippen LogP contribution in [0.5, 0.6) is 0 Å². The SMILES string of the molecule is COCC(O)CN(C)CCn1ccc(N)n1. The van der Waals surface area contributed by atoms with Crippen LogP contribution in [0.25, 0.3) is 0 Å². The second-order valence-electron chi connectivity index (χ2n) is 3.88. The maximum Gasteiger partial charge on any atom is 0.145 e. The largest absolute Gasteiger partial charge is 0.389 e. The van der Waals surface area contributed by atoms with Gasteiger partial charge in [-0.3, -0.25) is 4.68 Å². The molecule has 0 saturated heterocycles. The molecule has 0 spiro atoms. The number of hydrogen-bond donors (Lipinski definition) is 2. The van der Waals surface area contributed by atoms with Gasteiger partial charge in [0.2, 0.25) is 0 Å². The average Bonchev–Trinajstić information content (AvgIpc) is 2.61. The van der Waals surface area contributed by atoms with Gasteiger partial charge in [0.1, 0.15) is 5.82 Å². The highest BCUT2D eigenvalue weighted by molar-refractivity contribution is 5.23. The topological polar surface area (TPSA) is 76.5 Å². The van der Waals surface area contributed by atoms with Crippen LogP contribution >= 0.6 is 0 Å². The Morgan fingerprint density at radius 1 is 1.69 bits per heavy atom. The molecule has 3 N–H and O–H groups in total. The molecule has 0 fully saturated rings. The number of nitrogens with zero attached hydrogens (tertiary/aromatic N) is 3. The Morgan fingerprint density at radius 2 is 2.44 bits per heavy atom. The monoisotopic (exact) mass is 228 g/mol. The van der Waals surface area contributed by atoms with E-state index >= 15 is 0 Å². The lowest BCUT2D eigenvalue weighted by molar-refractivity contribution is 0.0425. The van der Waals surface area contributed by atoms with Crippen LogP contribution in [0.4, 0.5) is 5.82 Å². The predicted molar refractivity (Wildman–Crippen MR) is 62.0 cm³/mol. The van der Waals surface area contributed by atoms with Gasteiger partial charge in [0.25, 0.3) is 0 Å². The number of rotatable bonds is 7. The molecule has 0 amide bonds. The first kappa shape index (κ1) is 13.0. The van der Waals surface area contributed by atoms with E-state index < -0.39 is 6.10 Å². The molecule has 6 nitrogen and oxygen atoms in total. The first-order valence-electron chi connectivity index (χ1n) is 5.26. The summed E-state index contributed by atoms with van der Waals surface area (Å²) in [5.74, 6) is 0.530. The fraction of sp³-hybridized carbons (Fsp3) is 0.700. The van der Waals surface area contributed by atoms with Gasteiger partial charge in [-0.1, -0.05) is 0 Å². The van der Waals surface area contributed by atoms with E-state index in [0.717, 1.165) is 13.1 Å². The standard InChI is InChI=1S/C10H20N4O2/c1-13(7-9(15)8-16-2)5-6-14-4-3-10(11)12-14/h3-4,9,15H,5-8H2,1-2H3,(H2,11,12). The zero-order valence-electron chi connectivity index (χ0n) is 9.83. The van der Waals surface area contributed by atoms with Crippen LogP contribution in [0.3, 0.4) is 0 Å². The van der Waals surface area contributed by atoms with E-state index in [4.69, 9.17) is 10.5 Å². The van der Waals surface area contributed by atoms with Gasteiger partial charge in [-0.05, 0) is 13.1 Å². The van der Waals surface area contributed by atoms with Gasteiger partial charge in [0, 0.05) is 26.4 Å². The summed E-state index contributed by atoms with van der Waals surface area (Å²) in [7, 11) is 3.53. The molecule has 0 bridgehead atoms. The first-order valence-corrected chi connectivity index (χ1v) is 5.26. The molecular weight excluding hydrogens is 208 g/mol. The van der Waals surface area contributed by atoms with E-state index in [-0.39, 0.29) is 0 Å². The second-order valence-corrected chi connectivity index (χ2v) is 3.88. The quantitative estimate of drug-likeness (QED) is 0.652. The molecule has 1 rings (SSSR count). The molecule has 1 aromatic heterocycles. The van der Waals surface area contributed by atoms with Crippen molar-refractivity contribution in [3.8, 4) is 0 Å². The predicted octanol–water partition coefficient (Wildman–Crippen LogP) is -0.596. The van der Waals surface area contributed by atoms with E-state index in [0.29, 0.717) is 19.0 Å². The normalized spacial score (nSPS) is 13.2. The molecule has 1 heterocycles.